The molecule has 0 fully saturated rings. The molecule has 4 atom stereocenters. The SMILES string of the molecule is CCS(=O)(=O)Nc1cc(C(=O)N[C@@H](Cc2ccccc2)[C@H](O)CN[C@@H](C)c2ccccc2)cc(C(=O)N[C@H](C)c2ccccc2)c1. The summed E-state index contributed by atoms with van der Waals surface area (Å²) in [5, 5.41) is 20.5. The van der Waals surface area contributed by atoms with Crippen LogP contribution in [0.25, 0.3) is 0 Å². The number of carbonyl (C=O) groups excluding carboxylic acids is 2. The van der Waals surface area contributed by atoms with Crippen LogP contribution in [0, 0.1) is 0 Å². The van der Waals surface area contributed by atoms with Crippen LogP contribution in [-0.4, -0.2) is 49.8 Å². The number of anilines is 1. The number of aliphatic hydroxyl groups is 1. The van der Waals surface area contributed by atoms with Crippen LogP contribution in [0.5, 0.6) is 0 Å². The molecule has 0 heterocycles. The summed E-state index contributed by atoms with van der Waals surface area (Å²) in [6, 6.07) is 31.9. The van der Waals surface area contributed by atoms with E-state index in [9.17, 15) is 23.1 Å². The molecule has 0 aliphatic carbocycles. The van der Waals surface area contributed by atoms with Crippen molar-refractivity contribution >= 4 is 27.5 Å². The average molecular weight is 643 g/mol. The average Bonchev–Trinajstić information content (AvgIpc) is 3.07. The maximum absolute atomic E-state index is 13.8. The first-order valence-corrected chi connectivity index (χ1v) is 17.0. The number of hydrogen-bond donors (Lipinski definition) is 5. The van der Waals surface area contributed by atoms with Gasteiger partial charge in [-0.2, -0.15) is 0 Å². The van der Waals surface area contributed by atoms with Gasteiger partial charge in [0.05, 0.1) is 29.6 Å². The van der Waals surface area contributed by atoms with E-state index in [2.05, 4.69) is 20.7 Å². The third-order valence-electron chi connectivity index (χ3n) is 7.77. The quantitative estimate of drug-likeness (QED) is 0.124. The minimum atomic E-state index is -3.70. The first kappa shape index (κ1) is 34.4. The van der Waals surface area contributed by atoms with E-state index in [1.165, 1.54) is 25.1 Å². The smallest absolute Gasteiger partial charge is 0.251 e. The van der Waals surface area contributed by atoms with Gasteiger partial charge in [-0.1, -0.05) is 91.0 Å². The minimum Gasteiger partial charge on any atom is -0.390 e. The molecular weight excluding hydrogens is 600 g/mol. The summed E-state index contributed by atoms with van der Waals surface area (Å²) < 4.78 is 27.3. The molecule has 4 rings (SSSR count). The molecule has 0 bridgehead atoms. The maximum atomic E-state index is 13.8. The molecule has 46 heavy (non-hydrogen) atoms. The Balaban J connectivity index is 1.58. The van der Waals surface area contributed by atoms with E-state index in [-0.39, 0.29) is 41.2 Å². The Morgan fingerprint density at radius 3 is 1.76 bits per heavy atom. The standard InChI is InChI=1S/C36H42N4O5S/c1-4-46(44,45)40-32-22-30(35(42)38-26(3)29-18-12-7-13-19-29)21-31(23-32)36(43)39-33(20-27-14-8-5-9-15-27)34(41)24-37-25(2)28-16-10-6-11-17-28/h5-19,21-23,25-26,33-34,37,40-41H,4,20,24H2,1-3H3,(H,38,42)(H,39,43)/t25-,26+,33-,34+/m0/s1. The van der Waals surface area contributed by atoms with E-state index in [1.807, 2.05) is 105 Å². The number of benzene rings is 4. The molecule has 2 amide bonds. The Hall–Kier alpha value is -4.51. The van der Waals surface area contributed by atoms with Crippen molar-refractivity contribution < 1.29 is 23.1 Å². The Morgan fingerprint density at radius 1 is 0.717 bits per heavy atom. The zero-order valence-corrected chi connectivity index (χ0v) is 27.1. The fourth-order valence-corrected chi connectivity index (χ4v) is 5.63. The molecule has 0 saturated carbocycles. The predicted octanol–water partition coefficient (Wildman–Crippen LogP) is 4.99. The van der Waals surface area contributed by atoms with E-state index in [0.29, 0.717) is 6.42 Å². The summed E-state index contributed by atoms with van der Waals surface area (Å²) >= 11 is 0. The van der Waals surface area contributed by atoms with Crippen LogP contribution in [0.1, 0.15) is 70.3 Å². The molecule has 0 aromatic heterocycles. The van der Waals surface area contributed by atoms with Gasteiger partial charge in [-0.25, -0.2) is 8.42 Å². The first-order chi connectivity index (χ1) is 22.0. The van der Waals surface area contributed by atoms with Gasteiger partial charge in [0, 0.05) is 23.7 Å². The van der Waals surface area contributed by atoms with Crippen molar-refractivity contribution in [2.75, 3.05) is 17.0 Å². The lowest BCUT2D eigenvalue weighted by Gasteiger charge is -2.26. The molecule has 9 nitrogen and oxygen atoms in total. The van der Waals surface area contributed by atoms with Crippen LogP contribution in [0.2, 0.25) is 0 Å². The van der Waals surface area contributed by atoms with Crippen LogP contribution in [0.15, 0.2) is 109 Å². The maximum Gasteiger partial charge on any atom is 0.251 e. The normalized spacial score (nSPS) is 14.0. The van der Waals surface area contributed by atoms with Crippen molar-refractivity contribution in [2.45, 2.75) is 51.4 Å². The molecule has 0 aliphatic heterocycles. The summed E-state index contributed by atoms with van der Waals surface area (Å²) in [4.78, 5) is 27.1. The molecule has 0 saturated heterocycles. The highest BCUT2D eigenvalue weighted by molar-refractivity contribution is 7.92. The summed E-state index contributed by atoms with van der Waals surface area (Å²) in [5.74, 6) is -1.21. The minimum absolute atomic E-state index is 0.0356. The summed E-state index contributed by atoms with van der Waals surface area (Å²) in [6.07, 6.45) is -0.620. The highest BCUT2D eigenvalue weighted by Crippen LogP contribution is 2.20. The van der Waals surface area contributed by atoms with Crippen molar-refractivity contribution in [3.8, 4) is 0 Å². The Bertz CT molecular complexity index is 1690. The zero-order valence-electron chi connectivity index (χ0n) is 26.3. The van der Waals surface area contributed by atoms with Crippen molar-refractivity contribution in [3.05, 3.63) is 137 Å². The monoisotopic (exact) mass is 642 g/mol. The molecule has 4 aromatic carbocycles. The van der Waals surface area contributed by atoms with Crippen molar-refractivity contribution in [1.29, 1.82) is 0 Å². The van der Waals surface area contributed by atoms with E-state index in [0.717, 1.165) is 16.7 Å². The Morgan fingerprint density at radius 2 is 1.22 bits per heavy atom. The number of hydrogen-bond acceptors (Lipinski definition) is 6. The fraction of sp³-hybridized carbons (Fsp3) is 0.278. The van der Waals surface area contributed by atoms with E-state index in [1.54, 1.807) is 0 Å². The van der Waals surface area contributed by atoms with Crippen LogP contribution in [-0.2, 0) is 16.4 Å². The zero-order chi connectivity index (χ0) is 33.1. The van der Waals surface area contributed by atoms with Gasteiger partial charge in [-0.15, -0.1) is 0 Å². The molecule has 10 heteroatoms. The molecule has 0 unspecified atom stereocenters. The fourth-order valence-electron chi connectivity index (χ4n) is 5.01. The van der Waals surface area contributed by atoms with Crippen molar-refractivity contribution in [2.24, 2.45) is 0 Å². The number of rotatable bonds is 15. The van der Waals surface area contributed by atoms with Gasteiger partial charge in [-0.3, -0.25) is 14.3 Å². The summed E-state index contributed by atoms with van der Waals surface area (Å²) in [6.45, 7) is 5.54. The van der Waals surface area contributed by atoms with Crippen LogP contribution in [0.3, 0.4) is 0 Å². The first-order valence-electron chi connectivity index (χ1n) is 15.4. The van der Waals surface area contributed by atoms with Gasteiger partial charge in [0.2, 0.25) is 10.0 Å². The van der Waals surface area contributed by atoms with Crippen molar-refractivity contribution in [3.63, 3.8) is 0 Å². The number of amides is 2. The lowest BCUT2D eigenvalue weighted by atomic mass is 9.99. The van der Waals surface area contributed by atoms with Crippen LogP contribution in [0.4, 0.5) is 5.69 Å². The molecule has 0 spiro atoms. The van der Waals surface area contributed by atoms with Gasteiger partial charge < -0.3 is 21.1 Å². The molecule has 0 radical (unpaired) electrons. The second-order valence-electron chi connectivity index (χ2n) is 11.3. The Kier molecular flexibility index (Phi) is 12.1. The second kappa shape index (κ2) is 16.2. The second-order valence-corrected chi connectivity index (χ2v) is 13.3. The van der Waals surface area contributed by atoms with Gasteiger partial charge >= 0.3 is 0 Å². The lowest BCUT2D eigenvalue weighted by Crippen LogP contribution is -2.49. The predicted molar refractivity (Wildman–Crippen MR) is 182 cm³/mol. The third-order valence-corrected chi connectivity index (χ3v) is 9.08. The molecule has 4 aromatic rings. The molecular formula is C36H42N4O5S. The van der Waals surface area contributed by atoms with E-state index < -0.39 is 34.0 Å². The van der Waals surface area contributed by atoms with Gasteiger partial charge in [0.25, 0.3) is 11.8 Å². The molecule has 0 aliphatic rings. The highest BCUT2D eigenvalue weighted by atomic mass is 32.2. The summed E-state index contributed by atoms with van der Waals surface area (Å²) in [7, 11) is -3.70. The molecule has 242 valence electrons. The largest absolute Gasteiger partial charge is 0.390 e. The Labute approximate surface area is 271 Å². The summed E-state index contributed by atoms with van der Waals surface area (Å²) in [5.41, 5.74) is 3.15. The number of nitrogens with one attached hydrogen (secondary N) is 4. The van der Waals surface area contributed by atoms with Gasteiger partial charge in [0.15, 0.2) is 0 Å². The van der Waals surface area contributed by atoms with Crippen LogP contribution >= 0.6 is 0 Å². The number of aliphatic hydroxyl groups excluding tert-OH is 1. The van der Waals surface area contributed by atoms with E-state index in [4.69, 9.17) is 0 Å². The van der Waals surface area contributed by atoms with E-state index >= 15 is 0 Å². The number of carbonyl (C=O) groups is 2. The topological polar surface area (TPSA) is 137 Å². The van der Waals surface area contributed by atoms with Crippen LogP contribution < -0.4 is 20.7 Å². The third kappa shape index (κ3) is 10.00. The lowest BCUT2D eigenvalue weighted by molar-refractivity contribution is 0.0825. The number of sulfonamides is 1. The highest BCUT2D eigenvalue weighted by Gasteiger charge is 2.25. The van der Waals surface area contributed by atoms with Crippen molar-refractivity contribution in [1.82, 2.24) is 16.0 Å². The molecule has 5 N–H and O–H groups in total. The van der Waals surface area contributed by atoms with Gasteiger partial charge in [0.1, 0.15) is 0 Å². The van der Waals surface area contributed by atoms with Gasteiger partial charge in [-0.05, 0) is 62.1 Å².